The van der Waals surface area contributed by atoms with Crippen molar-refractivity contribution < 1.29 is 4.89 Å². The summed E-state index contributed by atoms with van der Waals surface area (Å²) in [7, 11) is -2.89. The summed E-state index contributed by atoms with van der Waals surface area (Å²) in [6.45, 7) is 0. The van der Waals surface area contributed by atoms with Crippen LogP contribution in [0.3, 0.4) is 0 Å². The zero-order valence-electron chi connectivity index (χ0n) is 6.07. The maximum atomic E-state index is 9.03. The number of benzene rings is 1. The van der Waals surface area contributed by atoms with Gasteiger partial charge in [0.15, 0.2) is 0 Å². The molecule has 0 saturated carbocycles. The largest absolute Gasteiger partial charge is 0.349 e. The van der Waals surface area contributed by atoms with Crippen LogP contribution in [0.5, 0.6) is 0 Å². The van der Waals surface area contributed by atoms with E-state index in [0.29, 0.717) is 0 Å². The van der Waals surface area contributed by atoms with E-state index in [4.69, 9.17) is 15.6 Å². The Labute approximate surface area is 65.9 Å². The SMILES string of the molecule is N=P(N)(O)Cc1ccccc1. The van der Waals surface area contributed by atoms with E-state index in [2.05, 4.69) is 0 Å². The molecule has 60 valence electrons. The van der Waals surface area contributed by atoms with E-state index in [1.165, 1.54) is 0 Å². The van der Waals surface area contributed by atoms with Crippen molar-refractivity contribution in [2.75, 3.05) is 0 Å². The van der Waals surface area contributed by atoms with Crippen molar-refractivity contribution in [2.24, 2.45) is 5.50 Å². The maximum Gasteiger partial charge on any atom is 0.147 e. The zero-order chi connectivity index (χ0) is 8.32. The van der Waals surface area contributed by atoms with Gasteiger partial charge in [0.25, 0.3) is 0 Å². The van der Waals surface area contributed by atoms with Gasteiger partial charge in [-0.05, 0) is 5.56 Å². The molecular weight excluding hydrogens is 159 g/mol. The lowest BCUT2D eigenvalue weighted by atomic mass is 10.2. The quantitative estimate of drug-likeness (QED) is 0.591. The zero-order valence-corrected chi connectivity index (χ0v) is 6.96. The van der Waals surface area contributed by atoms with Gasteiger partial charge in [-0.3, -0.25) is 10.7 Å². The Kier molecular flexibility index (Phi) is 2.45. The third kappa shape index (κ3) is 3.33. The highest BCUT2D eigenvalue weighted by Gasteiger charge is 2.05. The van der Waals surface area contributed by atoms with Crippen molar-refractivity contribution in [2.45, 2.75) is 6.16 Å². The first kappa shape index (κ1) is 8.47. The van der Waals surface area contributed by atoms with Crippen LogP contribution in [-0.4, -0.2) is 4.89 Å². The first-order valence-electron chi connectivity index (χ1n) is 3.26. The Morgan fingerprint density at radius 2 is 1.91 bits per heavy atom. The van der Waals surface area contributed by atoms with Gasteiger partial charge in [0.05, 0.1) is 0 Å². The maximum absolute atomic E-state index is 9.03. The molecule has 0 aliphatic rings. The highest BCUT2D eigenvalue weighted by Crippen LogP contribution is 2.35. The summed E-state index contributed by atoms with van der Waals surface area (Å²) >= 11 is 0. The van der Waals surface area contributed by atoms with Crippen LogP contribution in [0.25, 0.3) is 0 Å². The summed E-state index contributed by atoms with van der Waals surface area (Å²) in [4.78, 5) is 9.03. The molecule has 0 radical (unpaired) electrons. The molecule has 0 spiro atoms. The van der Waals surface area contributed by atoms with E-state index in [1.54, 1.807) is 0 Å². The average Bonchev–Trinajstić information content (AvgIpc) is 1.85. The molecule has 0 amide bonds. The number of rotatable bonds is 2. The second-order valence-electron chi connectivity index (χ2n) is 2.47. The molecule has 4 heteroatoms. The van der Waals surface area contributed by atoms with Gasteiger partial charge in [0, 0.05) is 6.16 Å². The minimum absolute atomic E-state index is 0.272. The van der Waals surface area contributed by atoms with E-state index in [0.717, 1.165) is 5.56 Å². The lowest BCUT2D eigenvalue weighted by Crippen LogP contribution is -1.95. The van der Waals surface area contributed by atoms with Gasteiger partial charge in [-0.1, -0.05) is 30.3 Å². The van der Waals surface area contributed by atoms with Gasteiger partial charge in [0.1, 0.15) is 7.43 Å². The fourth-order valence-electron chi connectivity index (χ4n) is 0.862. The van der Waals surface area contributed by atoms with Crippen LogP contribution >= 0.6 is 7.43 Å². The van der Waals surface area contributed by atoms with Crippen LogP contribution in [-0.2, 0) is 6.16 Å². The second kappa shape index (κ2) is 3.18. The minimum Gasteiger partial charge on any atom is -0.349 e. The summed E-state index contributed by atoms with van der Waals surface area (Å²) in [6.07, 6.45) is 0.272. The van der Waals surface area contributed by atoms with Gasteiger partial charge in [-0.25, -0.2) is 0 Å². The van der Waals surface area contributed by atoms with Crippen molar-refractivity contribution in [1.82, 2.24) is 0 Å². The van der Waals surface area contributed by atoms with Crippen LogP contribution in [0.2, 0.25) is 0 Å². The Morgan fingerprint density at radius 1 is 1.36 bits per heavy atom. The fraction of sp³-hybridized carbons (Fsp3) is 0.143. The molecule has 0 aromatic heterocycles. The Hall–Kier alpha value is -0.630. The molecule has 11 heavy (non-hydrogen) atoms. The first-order valence-corrected chi connectivity index (χ1v) is 5.26. The molecule has 1 aromatic rings. The van der Waals surface area contributed by atoms with Crippen molar-refractivity contribution >= 4 is 7.43 Å². The van der Waals surface area contributed by atoms with Gasteiger partial charge in [0.2, 0.25) is 0 Å². The van der Waals surface area contributed by atoms with Crippen molar-refractivity contribution in [1.29, 1.82) is 5.16 Å². The number of hydrogen-bond acceptors (Lipinski definition) is 1. The van der Waals surface area contributed by atoms with Crippen LogP contribution in [0.1, 0.15) is 5.56 Å². The molecule has 0 saturated heterocycles. The molecule has 1 aromatic carbocycles. The lowest BCUT2D eigenvalue weighted by Gasteiger charge is -2.07. The Morgan fingerprint density at radius 3 is 2.36 bits per heavy atom. The molecular formula is C7H11N2OP. The molecule has 3 nitrogen and oxygen atoms in total. The topological polar surface area (TPSA) is 70.1 Å². The molecule has 4 N–H and O–H groups in total. The van der Waals surface area contributed by atoms with Crippen molar-refractivity contribution in [3.63, 3.8) is 0 Å². The van der Waals surface area contributed by atoms with Crippen LogP contribution in [0.15, 0.2) is 30.3 Å². The van der Waals surface area contributed by atoms with Crippen LogP contribution < -0.4 is 5.50 Å². The van der Waals surface area contributed by atoms with Crippen LogP contribution in [0, 0.1) is 5.16 Å². The minimum atomic E-state index is -2.89. The highest BCUT2D eigenvalue weighted by molar-refractivity contribution is 7.55. The molecule has 0 bridgehead atoms. The highest BCUT2D eigenvalue weighted by atomic mass is 31.2. The Bertz CT molecular complexity index is 267. The summed E-state index contributed by atoms with van der Waals surface area (Å²) in [5.41, 5.74) is 6.12. The number of nitrogens with one attached hydrogen (secondary N) is 1. The lowest BCUT2D eigenvalue weighted by molar-refractivity contribution is 0.607. The van der Waals surface area contributed by atoms with E-state index in [9.17, 15) is 0 Å². The third-order valence-corrected chi connectivity index (χ3v) is 2.11. The van der Waals surface area contributed by atoms with Crippen LogP contribution in [0.4, 0.5) is 0 Å². The van der Waals surface area contributed by atoms with Gasteiger partial charge < -0.3 is 4.89 Å². The fourth-order valence-corrected chi connectivity index (χ4v) is 1.63. The number of hydrogen-bond donors (Lipinski definition) is 3. The summed E-state index contributed by atoms with van der Waals surface area (Å²) in [6, 6.07) is 9.33. The van der Waals surface area contributed by atoms with Gasteiger partial charge in [-0.15, -0.1) is 0 Å². The molecule has 1 rings (SSSR count). The molecule has 0 heterocycles. The monoisotopic (exact) mass is 170 g/mol. The summed E-state index contributed by atoms with van der Waals surface area (Å²) in [5, 5.41) is 7.11. The predicted octanol–water partition coefficient (Wildman–Crippen LogP) is 1.75. The summed E-state index contributed by atoms with van der Waals surface area (Å²) < 4.78 is 0. The Balaban J connectivity index is 2.74. The van der Waals surface area contributed by atoms with Crippen molar-refractivity contribution in [3.05, 3.63) is 35.9 Å². The van der Waals surface area contributed by atoms with E-state index in [-0.39, 0.29) is 6.16 Å². The third-order valence-electron chi connectivity index (χ3n) is 1.27. The van der Waals surface area contributed by atoms with Gasteiger partial charge in [-0.2, -0.15) is 0 Å². The van der Waals surface area contributed by atoms with Gasteiger partial charge >= 0.3 is 0 Å². The summed E-state index contributed by atoms with van der Waals surface area (Å²) in [5.74, 6) is 0. The van der Waals surface area contributed by atoms with E-state index in [1.807, 2.05) is 30.3 Å². The first-order chi connectivity index (χ1) is 5.08. The smallest absolute Gasteiger partial charge is 0.147 e. The standard InChI is InChI=1S/C7H11N2OP/c8-11(9,10)6-7-4-2-1-3-5-7/h1-5H,6H2,(H4,8,9,10). The molecule has 0 aliphatic carbocycles. The predicted molar refractivity (Wildman–Crippen MR) is 46.2 cm³/mol. The van der Waals surface area contributed by atoms with E-state index >= 15 is 0 Å². The average molecular weight is 170 g/mol. The second-order valence-corrected chi connectivity index (χ2v) is 4.44. The normalized spacial score (nSPS) is 15.8. The van der Waals surface area contributed by atoms with Crippen molar-refractivity contribution in [3.8, 4) is 0 Å². The molecule has 1 atom stereocenters. The molecule has 0 fully saturated rings. The van der Waals surface area contributed by atoms with E-state index < -0.39 is 7.43 Å². The number of nitrogens with two attached hydrogens (primary N) is 1. The molecule has 0 aliphatic heterocycles. The molecule has 1 unspecified atom stereocenters.